The molecule has 1 heterocycles. The van der Waals surface area contributed by atoms with Crippen LogP contribution in [-0.2, 0) is 29.0 Å². The quantitative estimate of drug-likeness (QED) is 0.368. The Kier molecular flexibility index (Phi) is 6.15. The third kappa shape index (κ3) is 5.10. The highest BCUT2D eigenvalue weighted by Crippen LogP contribution is 2.36. The lowest BCUT2D eigenvalue weighted by molar-refractivity contribution is -0.00746. The Morgan fingerprint density at radius 2 is 1.65 bits per heavy atom. The van der Waals surface area contributed by atoms with Crippen molar-refractivity contribution in [1.82, 2.24) is 10.2 Å². The Balaban J connectivity index is 1.79. The van der Waals surface area contributed by atoms with Gasteiger partial charge in [0.25, 0.3) is 21.7 Å². The van der Waals surface area contributed by atoms with Gasteiger partial charge >= 0.3 is 0 Å². The first-order chi connectivity index (χ1) is 16.0. The number of hydrogen-bond acceptors (Lipinski definition) is 4. The molecule has 11 heteroatoms. The van der Waals surface area contributed by atoms with Gasteiger partial charge in [-0.1, -0.05) is 42.5 Å². The molecule has 3 aromatic carbocycles. The molecule has 0 aliphatic rings. The number of anilines is 1. The maximum absolute atomic E-state index is 15.1. The molecule has 7 nitrogen and oxygen atoms in total. The molecule has 176 valence electrons. The topological polar surface area (TPSA) is 118 Å². The van der Waals surface area contributed by atoms with E-state index in [9.17, 15) is 17.6 Å². The van der Waals surface area contributed by atoms with Crippen LogP contribution in [0.15, 0.2) is 71.5 Å². The van der Waals surface area contributed by atoms with E-state index in [0.717, 1.165) is 12.1 Å². The molecule has 0 aliphatic carbocycles. The lowest BCUT2D eigenvalue weighted by Crippen LogP contribution is -2.23. The van der Waals surface area contributed by atoms with Gasteiger partial charge in [-0.2, -0.15) is 13.5 Å². The van der Waals surface area contributed by atoms with Gasteiger partial charge in [-0.05, 0) is 35.4 Å². The molecule has 0 radical (unpaired) electrons. The number of benzene rings is 3. The molecule has 0 saturated heterocycles. The second kappa shape index (κ2) is 8.92. The van der Waals surface area contributed by atoms with E-state index in [1.165, 1.54) is 30.3 Å². The molecule has 4 aromatic rings. The van der Waals surface area contributed by atoms with Crippen molar-refractivity contribution in [2.24, 2.45) is 5.14 Å². The number of hydrogen-bond donors (Lipinski definition) is 3. The minimum absolute atomic E-state index is 0.0233. The summed E-state index contributed by atoms with van der Waals surface area (Å²) in [5.41, 5.74) is -0.320. The number of nitrogens with one attached hydrogen (secondary N) is 2. The summed E-state index contributed by atoms with van der Waals surface area (Å²) in [6, 6.07) is 15.3. The number of aromatic amines is 1. The van der Waals surface area contributed by atoms with Crippen molar-refractivity contribution in [2.45, 2.75) is 18.8 Å². The van der Waals surface area contributed by atoms with E-state index in [4.69, 9.17) is 5.14 Å². The molecule has 0 atom stereocenters. The number of rotatable bonds is 7. The molecule has 34 heavy (non-hydrogen) atoms. The van der Waals surface area contributed by atoms with Crippen molar-refractivity contribution >= 4 is 26.7 Å². The molecule has 0 fully saturated rings. The van der Waals surface area contributed by atoms with Crippen molar-refractivity contribution in [3.05, 3.63) is 105 Å². The molecule has 0 unspecified atom stereocenters. The zero-order chi connectivity index (χ0) is 24.5. The molecule has 0 spiro atoms. The molecule has 4 N–H and O–H groups in total. The number of halogens is 3. The fraction of sp³-hybridized carbons (Fsp3) is 0.130. The largest absolute Gasteiger partial charge is 0.296 e. The van der Waals surface area contributed by atoms with Crippen LogP contribution in [0.25, 0.3) is 10.8 Å². The van der Waals surface area contributed by atoms with Gasteiger partial charge in [0.15, 0.2) is 0 Å². The van der Waals surface area contributed by atoms with E-state index < -0.39 is 39.5 Å². The van der Waals surface area contributed by atoms with Gasteiger partial charge in [-0.3, -0.25) is 9.52 Å². The summed E-state index contributed by atoms with van der Waals surface area (Å²) in [7, 11) is -4.15. The highest BCUT2D eigenvalue weighted by atomic mass is 32.2. The number of H-pyrrole nitrogens is 1. The summed E-state index contributed by atoms with van der Waals surface area (Å²) in [5.74, 6) is -4.65. The molecule has 0 amide bonds. The van der Waals surface area contributed by atoms with Crippen LogP contribution < -0.4 is 15.4 Å². The summed E-state index contributed by atoms with van der Waals surface area (Å²) < 4.78 is 69.3. The Bertz CT molecular complexity index is 1540. The van der Waals surface area contributed by atoms with Crippen LogP contribution in [0.4, 0.5) is 18.9 Å². The van der Waals surface area contributed by atoms with Crippen LogP contribution in [0.3, 0.4) is 0 Å². The van der Waals surface area contributed by atoms with E-state index in [1.807, 2.05) is 0 Å². The van der Waals surface area contributed by atoms with Crippen molar-refractivity contribution in [1.29, 1.82) is 0 Å². The van der Waals surface area contributed by atoms with Crippen LogP contribution in [0.5, 0.6) is 0 Å². The normalized spacial score (nSPS) is 12.1. The summed E-state index contributed by atoms with van der Waals surface area (Å²) in [5, 5.41) is 12.4. The average Bonchev–Trinajstić information content (AvgIpc) is 2.76. The van der Waals surface area contributed by atoms with Gasteiger partial charge < -0.3 is 0 Å². The van der Waals surface area contributed by atoms with Gasteiger partial charge in [-0.15, -0.1) is 0 Å². The third-order valence-electron chi connectivity index (χ3n) is 5.28. The Labute approximate surface area is 192 Å². The minimum Gasteiger partial charge on any atom is -0.271 e. The summed E-state index contributed by atoms with van der Waals surface area (Å²) in [4.78, 5) is 12.1. The molecular formula is C23H19F3N4O3S. The summed E-state index contributed by atoms with van der Waals surface area (Å²) in [6.07, 6.45) is -0.861. The standard InChI is InChI=1S/C23H19F3N4O3S/c24-20-8-4-3-7-19(20)23(25,26)13-15-11-16(30-34(27,32)33)10-9-14(15)12-21-17-5-1-2-6-18(17)22(31)29-28-21/h1-11,30H,12-13H2,(H,29,31)(H2,27,32,33). The molecule has 0 saturated carbocycles. The molecule has 0 aliphatic heterocycles. The molecule has 1 aromatic heterocycles. The van der Waals surface area contributed by atoms with Gasteiger partial charge in [0.1, 0.15) is 5.82 Å². The second-order valence-electron chi connectivity index (χ2n) is 7.71. The van der Waals surface area contributed by atoms with Crippen LogP contribution in [-0.4, -0.2) is 18.6 Å². The van der Waals surface area contributed by atoms with Crippen LogP contribution in [0.1, 0.15) is 22.4 Å². The van der Waals surface area contributed by atoms with Crippen molar-refractivity contribution in [3.8, 4) is 0 Å². The number of fused-ring (bicyclic) bond motifs is 1. The molecule has 4 rings (SSSR count). The predicted octanol–water partition coefficient (Wildman–Crippen LogP) is 3.60. The van der Waals surface area contributed by atoms with Crippen LogP contribution >= 0.6 is 0 Å². The highest BCUT2D eigenvalue weighted by Gasteiger charge is 2.35. The molecule has 0 bridgehead atoms. The van der Waals surface area contributed by atoms with Crippen LogP contribution in [0.2, 0.25) is 0 Å². The average molecular weight is 488 g/mol. The van der Waals surface area contributed by atoms with Crippen molar-refractivity contribution in [2.75, 3.05) is 4.72 Å². The van der Waals surface area contributed by atoms with Gasteiger partial charge in [0, 0.05) is 18.2 Å². The van der Waals surface area contributed by atoms with E-state index in [2.05, 4.69) is 14.9 Å². The fourth-order valence-corrected chi connectivity index (χ4v) is 4.23. The summed E-state index contributed by atoms with van der Waals surface area (Å²) in [6.45, 7) is 0. The Hall–Kier alpha value is -3.70. The summed E-state index contributed by atoms with van der Waals surface area (Å²) >= 11 is 0. The van der Waals surface area contributed by atoms with Gasteiger partial charge in [0.2, 0.25) is 0 Å². The number of aromatic nitrogens is 2. The first-order valence-electron chi connectivity index (χ1n) is 10.0. The van der Waals surface area contributed by atoms with Crippen LogP contribution in [0, 0.1) is 5.82 Å². The van der Waals surface area contributed by atoms with E-state index in [-0.39, 0.29) is 17.7 Å². The first-order valence-corrected chi connectivity index (χ1v) is 11.6. The smallest absolute Gasteiger partial charge is 0.271 e. The van der Waals surface area contributed by atoms with Crippen molar-refractivity contribution < 1.29 is 21.6 Å². The Morgan fingerprint density at radius 3 is 2.35 bits per heavy atom. The number of nitrogens with zero attached hydrogens (tertiary/aromatic N) is 1. The lowest BCUT2D eigenvalue weighted by Gasteiger charge is -2.20. The monoisotopic (exact) mass is 488 g/mol. The van der Waals surface area contributed by atoms with E-state index in [1.54, 1.807) is 24.3 Å². The maximum Gasteiger partial charge on any atom is 0.296 e. The van der Waals surface area contributed by atoms with E-state index >= 15 is 8.78 Å². The fourth-order valence-electron chi connectivity index (χ4n) is 3.77. The predicted molar refractivity (Wildman–Crippen MR) is 122 cm³/mol. The zero-order valence-electron chi connectivity index (χ0n) is 17.6. The van der Waals surface area contributed by atoms with Gasteiger partial charge in [0.05, 0.1) is 22.3 Å². The highest BCUT2D eigenvalue weighted by molar-refractivity contribution is 7.90. The van der Waals surface area contributed by atoms with E-state index in [0.29, 0.717) is 22.0 Å². The second-order valence-corrected chi connectivity index (χ2v) is 9.01. The zero-order valence-corrected chi connectivity index (χ0v) is 18.4. The SMILES string of the molecule is NS(=O)(=O)Nc1ccc(Cc2n[nH]c(=O)c3ccccc23)c(CC(F)(F)c2ccccc2F)c1. The van der Waals surface area contributed by atoms with Gasteiger partial charge in [-0.25, -0.2) is 23.4 Å². The maximum atomic E-state index is 15.1. The number of nitrogens with two attached hydrogens (primary N) is 1. The minimum atomic E-state index is -4.15. The van der Waals surface area contributed by atoms with Crippen molar-refractivity contribution in [3.63, 3.8) is 0 Å². The Morgan fingerprint density at radius 1 is 0.971 bits per heavy atom. The number of alkyl halides is 2. The molecular weight excluding hydrogens is 469 g/mol. The first kappa shape index (κ1) is 23.5. The lowest BCUT2D eigenvalue weighted by atomic mass is 9.93. The third-order valence-corrected chi connectivity index (χ3v) is 5.80.